The van der Waals surface area contributed by atoms with Crippen molar-refractivity contribution in [3.05, 3.63) is 35.6 Å². The third-order valence-electron chi connectivity index (χ3n) is 3.52. The molecule has 7 heteroatoms. The van der Waals surface area contributed by atoms with Crippen molar-refractivity contribution in [2.24, 2.45) is 0 Å². The van der Waals surface area contributed by atoms with Crippen LogP contribution in [0.25, 0.3) is 0 Å². The number of amides is 1. The Morgan fingerprint density at radius 3 is 2.71 bits per heavy atom. The topological polar surface area (TPSA) is 61.4 Å². The van der Waals surface area contributed by atoms with Crippen LogP contribution >= 0.6 is 11.3 Å². The normalized spacial score (nSPS) is 15.1. The summed E-state index contributed by atoms with van der Waals surface area (Å²) in [6, 6.07) is 3.63. The molecule has 2 aromatic rings. The van der Waals surface area contributed by atoms with E-state index in [1.54, 1.807) is 23.6 Å². The summed E-state index contributed by atoms with van der Waals surface area (Å²) in [6.45, 7) is 3.02. The third kappa shape index (κ3) is 2.97. The van der Waals surface area contributed by atoms with Gasteiger partial charge in [-0.05, 0) is 12.1 Å². The minimum absolute atomic E-state index is 0.00844. The molecule has 0 radical (unpaired) electrons. The molecule has 0 saturated carbocycles. The van der Waals surface area contributed by atoms with Crippen LogP contribution in [0.2, 0.25) is 0 Å². The molecule has 0 atom stereocenters. The lowest BCUT2D eigenvalue weighted by molar-refractivity contribution is 0.0741. The van der Waals surface area contributed by atoms with Crippen LogP contribution < -0.4 is 10.2 Å². The van der Waals surface area contributed by atoms with Crippen molar-refractivity contribution < 1.29 is 4.79 Å². The first kappa shape index (κ1) is 13.8. The molecule has 1 aliphatic heterocycles. The number of nitrogens with zero attached hydrogens (tertiary/aromatic N) is 4. The zero-order valence-electron chi connectivity index (χ0n) is 11.8. The number of anilines is 2. The van der Waals surface area contributed by atoms with Crippen LogP contribution in [-0.2, 0) is 0 Å². The van der Waals surface area contributed by atoms with Crippen LogP contribution in [0.1, 0.15) is 10.5 Å². The predicted octanol–water partition coefficient (Wildman–Crippen LogP) is 1.54. The molecular formula is C14H17N5OS. The number of carbonyl (C=O) groups excluding carboxylic acids is 1. The van der Waals surface area contributed by atoms with Gasteiger partial charge in [-0.15, -0.1) is 11.3 Å². The number of hydrogen-bond donors (Lipinski definition) is 1. The summed E-state index contributed by atoms with van der Waals surface area (Å²) in [6.07, 6.45) is 3.47. The van der Waals surface area contributed by atoms with Gasteiger partial charge in [0.2, 0.25) is 0 Å². The number of thiazole rings is 1. The highest BCUT2D eigenvalue weighted by Gasteiger charge is 2.24. The van der Waals surface area contributed by atoms with Crippen molar-refractivity contribution in [1.29, 1.82) is 0 Å². The Morgan fingerprint density at radius 2 is 2.05 bits per heavy atom. The molecule has 6 nitrogen and oxygen atoms in total. The first-order valence-corrected chi connectivity index (χ1v) is 7.73. The van der Waals surface area contributed by atoms with E-state index >= 15 is 0 Å². The molecule has 0 aliphatic carbocycles. The van der Waals surface area contributed by atoms with Crippen molar-refractivity contribution >= 4 is 28.1 Å². The van der Waals surface area contributed by atoms with E-state index in [1.807, 2.05) is 29.6 Å². The number of pyridine rings is 1. The zero-order valence-corrected chi connectivity index (χ0v) is 12.6. The highest BCUT2D eigenvalue weighted by Crippen LogP contribution is 2.19. The quantitative estimate of drug-likeness (QED) is 0.932. The maximum absolute atomic E-state index is 12.5. The lowest BCUT2D eigenvalue weighted by atomic mass is 10.2. The van der Waals surface area contributed by atoms with Gasteiger partial charge < -0.3 is 15.1 Å². The van der Waals surface area contributed by atoms with E-state index in [1.165, 1.54) is 0 Å². The molecule has 1 amide bonds. The van der Waals surface area contributed by atoms with E-state index in [4.69, 9.17) is 0 Å². The number of piperazine rings is 1. The summed E-state index contributed by atoms with van der Waals surface area (Å²) in [5, 5.41) is 6.02. The SMILES string of the molecule is CNc1ccnc(C(=O)N2CCN(c3nccs3)CC2)c1. The van der Waals surface area contributed by atoms with Gasteiger partial charge in [0.25, 0.3) is 5.91 Å². The molecule has 1 N–H and O–H groups in total. The predicted molar refractivity (Wildman–Crippen MR) is 84.0 cm³/mol. The smallest absolute Gasteiger partial charge is 0.272 e. The molecule has 21 heavy (non-hydrogen) atoms. The maximum Gasteiger partial charge on any atom is 0.272 e. The second kappa shape index (κ2) is 6.09. The summed E-state index contributed by atoms with van der Waals surface area (Å²) < 4.78 is 0. The van der Waals surface area contributed by atoms with Crippen molar-refractivity contribution in [1.82, 2.24) is 14.9 Å². The Labute approximate surface area is 127 Å². The van der Waals surface area contributed by atoms with Crippen LogP contribution in [0.15, 0.2) is 29.9 Å². The average Bonchev–Trinajstić information content (AvgIpc) is 3.09. The first-order valence-electron chi connectivity index (χ1n) is 6.85. The number of aromatic nitrogens is 2. The van der Waals surface area contributed by atoms with E-state index in [2.05, 4.69) is 20.2 Å². The molecular weight excluding hydrogens is 286 g/mol. The minimum Gasteiger partial charge on any atom is -0.388 e. The van der Waals surface area contributed by atoms with Gasteiger partial charge in [-0.3, -0.25) is 9.78 Å². The average molecular weight is 303 g/mol. The fourth-order valence-electron chi connectivity index (χ4n) is 2.34. The van der Waals surface area contributed by atoms with Crippen LogP contribution in [-0.4, -0.2) is 54.0 Å². The van der Waals surface area contributed by atoms with Gasteiger partial charge in [-0.25, -0.2) is 4.98 Å². The molecule has 1 saturated heterocycles. The Kier molecular flexibility index (Phi) is 4.01. The fourth-order valence-corrected chi connectivity index (χ4v) is 3.03. The van der Waals surface area contributed by atoms with Gasteiger partial charge in [0.05, 0.1) is 0 Å². The van der Waals surface area contributed by atoms with Crippen molar-refractivity contribution in [2.45, 2.75) is 0 Å². The molecule has 3 heterocycles. The van der Waals surface area contributed by atoms with Gasteiger partial charge in [0.15, 0.2) is 5.13 Å². The Balaban J connectivity index is 1.64. The van der Waals surface area contributed by atoms with Crippen molar-refractivity contribution in [3.8, 4) is 0 Å². The van der Waals surface area contributed by atoms with Crippen LogP contribution in [0, 0.1) is 0 Å². The summed E-state index contributed by atoms with van der Waals surface area (Å²) in [7, 11) is 1.83. The lowest BCUT2D eigenvalue weighted by Crippen LogP contribution is -2.49. The van der Waals surface area contributed by atoms with Crippen LogP contribution in [0.5, 0.6) is 0 Å². The van der Waals surface area contributed by atoms with Gasteiger partial charge in [0.1, 0.15) is 5.69 Å². The van der Waals surface area contributed by atoms with E-state index in [-0.39, 0.29) is 5.91 Å². The molecule has 0 aromatic carbocycles. The van der Waals surface area contributed by atoms with E-state index in [9.17, 15) is 4.79 Å². The largest absolute Gasteiger partial charge is 0.388 e. The van der Waals surface area contributed by atoms with Gasteiger partial charge >= 0.3 is 0 Å². The minimum atomic E-state index is -0.00844. The maximum atomic E-state index is 12.5. The summed E-state index contributed by atoms with van der Waals surface area (Å²) >= 11 is 1.63. The Hall–Kier alpha value is -2.15. The molecule has 0 bridgehead atoms. The highest BCUT2D eigenvalue weighted by molar-refractivity contribution is 7.13. The summed E-state index contributed by atoms with van der Waals surface area (Å²) in [4.78, 5) is 25.0. The summed E-state index contributed by atoms with van der Waals surface area (Å²) in [5.74, 6) is -0.00844. The third-order valence-corrected chi connectivity index (χ3v) is 4.36. The Morgan fingerprint density at radius 1 is 1.24 bits per heavy atom. The molecule has 2 aromatic heterocycles. The van der Waals surface area contributed by atoms with Crippen LogP contribution in [0.4, 0.5) is 10.8 Å². The van der Waals surface area contributed by atoms with Gasteiger partial charge in [-0.1, -0.05) is 0 Å². The highest BCUT2D eigenvalue weighted by atomic mass is 32.1. The van der Waals surface area contributed by atoms with Gasteiger partial charge in [0, 0.05) is 56.7 Å². The number of rotatable bonds is 3. The molecule has 0 unspecified atom stereocenters. The van der Waals surface area contributed by atoms with Crippen LogP contribution in [0.3, 0.4) is 0 Å². The molecule has 1 aliphatic rings. The molecule has 110 valence electrons. The fraction of sp³-hybridized carbons (Fsp3) is 0.357. The number of hydrogen-bond acceptors (Lipinski definition) is 6. The second-order valence-electron chi connectivity index (χ2n) is 4.77. The van der Waals surface area contributed by atoms with Crippen molar-refractivity contribution in [2.75, 3.05) is 43.4 Å². The Bertz CT molecular complexity index is 608. The molecule has 3 rings (SSSR count). The van der Waals surface area contributed by atoms with Crippen molar-refractivity contribution in [3.63, 3.8) is 0 Å². The number of carbonyl (C=O) groups is 1. The molecule has 0 spiro atoms. The summed E-state index contributed by atoms with van der Waals surface area (Å²) in [5.41, 5.74) is 1.39. The van der Waals surface area contributed by atoms with E-state index < -0.39 is 0 Å². The monoisotopic (exact) mass is 303 g/mol. The number of nitrogens with one attached hydrogen (secondary N) is 1. The van der Waals surface area contributed by atoms with E-state index in [0.717, 1.165) is 23.9 Å². The van der Waals surface area contributed by atoms with E-state index in [0.29, 0.717) is 18.8 Å². The zero-order chi connectivity index (χ0) is 14.7. The molecule has 1 fully saturated rings. The van der Waals surface area contributed by atoms with Gasteiger partial charge in [-0.2, -0.15) is 0 Å². The second-order valence-corrected chi connectivity index (χ2v) is 5.65. The lowest BCUT2D eigenvalue weighted by Gasteiger charge is -2.34. The first-order chi connectivity index (χ1) is 10.3. The standard InChI is InChI=1S/C14H17N5OS/c1-15-11-2-3-16-12(10-11)13(20)18-5-7-19(8-6-18)14-17-4-9-21-14/h2-4,9-10H,5-8H2,1H3,(H,15,16).